The minimum Gasteiger partial charge on any atom is -0.370 e. The summed E-state index contributed by atoms with van der Waals surface area (Å²) in [6.07, 6.45) is 2.18. The number of aliphatic imine (C=N–C) groups is 1. The maximum Gasteiger partial charge on any atom is 0.188 e. The van der Waals surface area contributed by atoms with Gasteiger partial charge in [-0.15, -0.1) is 0 Å². The zero-order valence-electron chi connectivity index (χ0n) is 6.34. The van der Waals surface area contributed by atoms with Crippen molar-refractivity contribution < 1.29 is 4.74 Å². The molecular formula is C6H15N3O. The third-order valence-corrected chi connectivity index (χ3v) is 0.981. The van der Waals surface area contributed by atoms with Gasteiger partial charge in [0.25, 0.3) is 0 Å². The van der Waals surface area contributed by atoms with Gasteiger partial charge in [-0.1, -0.05) is 13.3 Å². The van der Waals surface area contributed by atoms with E-state index < -0.39 is 0 Å². The number of rotatable bonds is 5. The second-order valence-corrected chi connectivity index (χ2v) is 1.97. The second-order valence-electron chi connectivity index (χ2n) is 1.97. The minimum atomic E-state index is 0.0801. The molecule has 4 heteroatoms. The quantitative estimate of drug-likeness (QED) is 0.326. The van der Waals surface area contributed by atoms with Crippen LogP contribution in [-0.4, -0.2) is 19.3 Å². The van der Waals surface area contributed by atoms with E-state index in [-0.39, 0.29) is 12.7 Å². The van der Waals surface area contributed by atoms with Crippen LogP contribution in [0.5, 0.6) is 0 Å². The van der Waals surface area contributed by atoms with Crippen molar-refractivity contribution in [2.75, 3.05) is 13.3 Å². The van der Waals surface area contributed by atoms with Crippen LogP contribution in [0.15, 0.2) is 4.99 Å². The van der Waals surface area contributed by atoms with Gasteiger partial charge in [0.15, 0.2) is 5.96 Å². The molecule has 0 aromatic heterocycles. The zero-order chi connectivity index (χ0) is 7.82. The van der Waals surface area contributed by atoms with E-state index in [1.54, 1.807) is 0 Å². The molecule has 0 aromatic carbocycles. The van der Waals surface area contributed by atoms with E-state index in [0.717, 1.165) is 19.4 Å². The summed E-state index contributed by atoms with van der Waals surface area (Å²) in [6.45, 7) is 3.11. The molecule has 0 amide bonds. The number of unbranched alkanes of at least 4 members (excludes halogenated alkanes) is 1. The highest BCUT2D eigenvalue weighted by Gasteiger charge is 1.83. The average molecular weight is 145 g/mol. The number of ether oxygens (including phenoxy) is 1. The van der Waals surface area contributed by atoms with Crippen molar-refractivity contribution in [1.82, 2.24) is 0 Å². The molecule has 0 aliphatic carbocycles. The molecule has 10 heavy (non-hydrogen) atoms. The molecule has 0 radical (unpaired) electrons. The smallest absolute Gasteiger partial charge is 0.188 e. The summed E-state index contributed by atoms with van der Waals surface area (Å²) in [5.41, 5.74) is 10.1. The van der Waals surface area contributed by atoms with Crippen LogP contribution < -0.4 is 11.5 Å². The molecule has 0 heterocycles. The summed E-state index contributed by atoms with van der Waals surface area (Å²) < 4.78 is 5.04. The van der Waals surface area contributed by atoms with Crippen molar-refractivity contribution in [1.29, 1.82) is 0 Å². The lowest BCUT2D eigenvalue weighted by Gasteiger charge is -1.97. The molecule has 0 saturated carbocycles. The van der Waals surface area contributed by atoms with Crippen molar-refractivity contribution in [3.8, 4) is 0 Å². The molecule has 0 saturated heterocycles. The Morgan fingerprint density at radius 3 is 2.70 bits per heavy atom. The minimum absolute atomic E-state index is 0.0801. The summed E-state index contributed by atoms with van der Waals surface area (Å²) in [6, 6.07) is 0. The topological polar surface area (TPSA) is 73.6 Å². The molecule has 4 nitrogen and oxygen atoms in total. The third-order valence-electron chi connectivity index (χ3n) is 0.981. The van der Waals surface area contributed by atoms with Crippen molar-refractivity contribution in [3.05, 3.63) is 0 Å². The third kappa shape index (κ3) is 7.23. The first-order valence-electron chi connectivity index (χ1n) is 3.40. The Labute approximate surface area is 61.3 Å². The Hall–Kier alpha value is -0.770. The second kappa shape index (κ2) is 6.35. The van der Waals surface area contributed by atoms with Crippen LogP contribution in [0.2, 0.25) is 0 Å². The average Bonchev–Trinajstić information content (AvgIpc) is 1.87. The van der Waals surface area contributed by atoms with Crippen LogP contribution in [0.4, 0.5) is 0 Å². The Bertz CT molecular complexity index is 99.2. The van der Waals surface area contributed by atoms with Gasteiger partial charge in [0.2, 0.25) is 0 Å². The fourth-order valence-corrected chi connectivity index (χ4v) is 0.431. The first-order valence-corrected chi connectivity index (χ1v) is 3.40. The maximum atomic E-state index is 5.05. The SMILES string of the molecule is CCCCOCN=C(N)N. The lowest BCUT2D eigenvalue weighted by atomic mass is 10.4. The van der Waals surface area contributed by atoms with E-state index in [1.165, 1.54) is 0 Å². The van der Waals surface area contributed by atoms with Crippen LogP contribution in [0.3, 0.4) is 0 Å². The van der Waals surface area contributed by atoms with E-state index in [9.17, 15) is 0 Å². The van der Waals surface area contributed by atoms with Crippen LogP contribution in [-0.2, 0) is 4.74 Å². The van der Waals surface area contributed by atoms with Gasteiger partial charge in [-0.2, -0.15) is 0 Å². The highest BCUT2D eigenvalue weighted by atomic mass is 16.5. The summed E-state index contributed by atoms with van der Waals surface area (Å²) >= 11 is 0. The number of nitrogens with two attached hydrogens (primary N) is 2. The largest absolute Gasteiger partial charge is 0.370 e. The number of hydrogen-bond acceptors (Lipinski definition) is 2. The van der Waals surface area contributed by atoms with Gasteiger partial charge in [0.1, 0.15) is 6.73 Å². The highest BCUT2D eigenvalue weighted by molar-refractivity contribution is 5.75. The van der Waals surface area contributed by atoms with Gasteiger partial charge in [0.05, 0.1) is 0 Å². The molecule has 0 atom stereocenters. The van der Waals surface area contributed by atoms with Crippen molar-refractivity contribution in [2.24, 2.45) is 16.5 Å². The van der Waals surface area contributed by atoms with Crippen molar-refractivity contribution in [2.45, 2.75) is 19.8 Å². The molecule has 0 fully saturated rings. The predicted molar refractivity (Wildman–Crippen MR) is 41.5 cm³/mol. The molecular weight excluding hydrogens is 130 g/mol. The first kappa shape index (κ1) is 9.23. The monoisotopic (exact) mass is 145 g/mol. The molecule has 0 bridgehead atoms. The molecule has 0 aliphatic heterocycles. The molecule has 0 rings (SSSR count). The molecule has 4 N–H and O–H groups in total. The van der Waals surface area contributed by atoms with E-state index >= 15 is 0 Å². The van der Waals surface area contributed by atoms with Crippen molar-refractivity contribution >= 4 is 5.96 Å². The number of hydrogen-bond donors (Lipinski definition) is 2. The van der Waals surface area contributed by atoms with Crippen LogP contribution in [0.1, 0.15) is 19.8 Å². The van der Waals surface area contributed by atoms with Crippen molar-refractivity contribution in [3.63, 3.8) is 0 Å². The van der Waals surface area contributed by atoms with Crippen LogP contribution in [0, 0.1) is 0 Å². The zero-order valence-corrected chi connectivity index (χ0v) is 6.34. The predicted octanol–water partition coefficient (Wildman–Crippen LogP) is 0.0340. The molecule has 0 aromatic rings. The highest BCUT2D eigenvalue weighted by Crippen LogP contribution is 1.86. The molecule has 0 spiro atoms. The lowest BCUT2D eigenvalue weighted by molar-refractivity contribution is 0.139. The van der Waals surface area contributed by atoms with Gasteiger partial charge in [0, 0.05) is 6.61 Å². The molecule has 0 unspecified atom stereocenters. The summed E-state index contributed by atoms with van der Waals surface area (Å²) in [4.78, 5) is 3.65. The van der Waals surface area contributed by atoms with E-state index in [0.29, 0.717) is 0 Å². The number of nitrogens with zero attached hydrogens (tertiary/aromatic N) is 1. The van der Waals surface area contributed by atoms with Gasteiger partial charge >= 0.3 is 0 Å². The number of guanidine groups is 1. The van der Waals surface area contributed by atoms with E-state index in [4.69, 9.17) is 16.2 Å². The maximum absolute atomic E-state index is 5.05. The van der Waals surface area contributed by atoms with Gasteiger partial charge in [-0.3, -0.25) is 0 Å². The Morgan fingerprint density at radius 2 is 2.20 bits per heavy atom. The first-order chi connectivity index (χ1) is 4.77. The fourth-order valence-electron chi connectivity index (χ4n) is 0.431. The van der Waals surface area contributed by atoms with Gasteiger partial charge in [-0.05, 0) is 6.42 Å². The normalized spacial score (nSPS) is 9.30. The summed E-state index contributed by atoms with van der Waals surface area (Å²) in [5, 5.41) is 0. The fraction of sp³-hybridized carbons (Fsp3) is 0.833. The Morgan fingerprint density at radius 1 is 1.50 bits per heavy atom. The Balaban J connectivity index is 2.98. The van der Waals surface area contributed by atoms with Crippen LogP contribution >= 0.6 is 0 Å². The standard InChI is InChI=1S/C6H15N3O/c1-2-3-4-10-5-9-6(7)8/h2-5H2,1H3,(H4,7,8,9). The Kier molecular flexibility index (Phi) is 5.86. The lowest BCUT2D eigenvalue weighted by Crippen LogP contribution is -2.23. The summed E-state index contributed by atoms with van der Waals surface area (Å²) in [5.74, 6) is 0.0801. The van der Waals surface area contributed by atoms with Crippen LogP contribution in [0.25, 0.3) is 0 Å². The van der Waals surface area contributed by atoms with E-state index in [2.05, 4.69) is 11.9 Å². The van der Waals surface area contributed by atoms with Gasteiger partial charge < -0.3 is 16.2 Å². The van der Waals surface area contributed by atoms with E-state index in [1.807, 2.05) is 0 Å². The molecule has 60 valence electrons. The summed E-state index contributed by atoms with van der Waals surface area (Å²) in [7, 11) is 0. The van der Waals surface area contributed by atoms with Gasteiger partial charge in [-0.25, -0.2) is 4.99 Å². The molecule has 0 aliphatic rings.